The van der Waals surface area contributed by atoms with Gasteiger partial charge in [-0.15, -0.1) is 13.2 Å². The lowest BCUT2D eigenvalue weighted by molar-refractivity contribution is -0.123. The third-order valence-electron chi connectivity index (χ3n) is 20.8. The fourth-order valence-corrected chi connectivity index (χ4v) is 15.4. The van der Waals surface area contributed by atoms with Crippen molar-refractivity contribution < 1.29 is 9.59 Å². The highest BCUT2D eigenvalue weighted by atomic mass is 16.1. The Balaban J connectivity index is 0.000000330. The summed E-state index contributed by atoms with van der Waals surface area (Å²) in [5, 5.41) is 0. The average Bonchev–Trinajstić information content (AvgIpc) is 3.64. The van der Waals surface area contributed by atoms with Gasteiger partial charge in [0.05, 0.1) is 0 Å². The molecule has 0 aliphatic heterocycles. The third kappa shape index (κ3) is 26.1. The zero-order chi connectivity index (χ0) is 65.1. The number of aldehydes is 1. The first kappa shape index (κ1) is 76.1. The average molecular weight is 1210 g/mol. The maximum absolute atomic E-state index is 13.5. The van der Waals surface area contributed by atoms with Crippen molar-refractivity contribution in [1.82, 2.24) is 0 Å². The predicted octanol–water partition coefficient (Wildman–Crippen LogP) is 26.1. The maximum atomic E-state index is 13.5. The molecule has 4 saturated carbocycles. The molecule has 0 spiro atoms. The van der Waals surface area contributed by atoms with Crippen LogP contribution in [0.4, 0.5) is 0 Å². The van der Waals surface area contributed by atoms with E-state index in [-0.39, 0.29) is 5.92 Å². The molecule has 0 radical (unpaired) electrons. The molecular formula is C87H128O2. The van der Waals surface area contributed by atoms with Crippen LogP contribution in [-0.4, -0.2) is 12.1 Å². The van der Waals surface area contributed by atoms with Gasteiger partial charge in [-0.2, -0.15) is 0 Å². The van der Waals surface area contributed by atoms with Gasteiger partial charge in [-0.1, -0.05) is 244 Å². The van der Waals surface area contributed by atoms with Gasteiger partial charge in [-0.05, 0) is 260 Å². The summed E-state index contributed by atoms with van der Waals surface area (Å²) in [4.78, 5) is 22.3. The topological polar surface area (TPSA) is 34.1 Å². The molecular weight excluding hydrogens is 1080 g/mol. The molecule has 1 unspecified atom stereocenters. The summed E-state index contributed by atoms with van der Waals surface area (Å²) in [7, 11) is 0. The normalized spacial score (nSPS) is 22.1. The lowest BCUT2D eigenvalue weighted by Crippen LogP contribution is -2.23. The molecule has 9 rings (SSSR count). The largest absolute Gasteiger partial charge is 0.304 e. The van der Waals surface area contributed by atoms with Crippen molar-refractivity contribution in [3.63, 3.8) is 0 Å². The van der Waals surface area contributed by atoms with Crippen molar-refractivity contribution in [1.29, 1.82) is 0 Å². The van der Waals surface area contributed by atoms with Crippen LogP contribution in [0, 0.1) is 41.4 Å². The van der Waals surface area contributed by atoms with E-state index in [0.717, 1.165) is 86.0 Å². The number of carbonyl (C=O) groups is 2. The number of hydrogen-bond acceptors (Lipinski definition) is 2. The van der Waals surface area contributed by atoms with Crippen LogP contribution in [0.1, 0.15) is 293 Å². The zero-order valence-electron chi connectivity index (χ0n) is 58.7. The minimum absolute atomic E-state index is 0.194. The molecule has 1 atom stereocenters. The van der Waals surface area contributed by atoms with Crippen LogP contribution in [-0.2, 0) is 28.9 Å². The molecule has 6 aliphatic carbocycles. The Morgan fingerprint density at radius 3 is 1.51 bits per heavy atom. The molecule has 0 heterocycles. The van der Waals surface area contributed by atoms with Gasteiger partial charge in [0.25, 0.3) is 0 Å². The van der Waals surface area contributed by atoms with Gasteiger partial charge < -0.3 is 4.79 Å². The summed E-state index contributed by atoms with van der Waals surface area (Å²) < 4.78 is 0. The van der Waals surface area contributed by atoms with E-state index in [9.17, 15) is 4.79 Å². The number of hydrogen-bond donors (Lipinski definition) is 0. The molecule has 3 aromatic rings. The Morgan fingerprint density at radius 1 is 0.551 bits per heavy atom. The zero-order valence-corrected chi connectivity index (χ0v) is 58.7. The second kappa shape index (κ2) is 42.7. The van der Waals surface area contributed by atoms with Crippen LogP contribution in [0.3, 0.4) is 0 Å². The molecule has 2 heteroatoms. The Kier molecular flexibility index (Phi) is 36.5. The number of Topliss-reactive ketones (excluding diaryl/α,β-unsaturated/α-hetero) is 1. The highest BCUT2D eigenvalue weighted by Gasteiger charge is 2.29. The van der Waals surface area contributed by atoms with E-state index in [1.54, 1.807) is 5.57 Å². The number of allylic oxidation sites excluding steroid dienone is 11. The van der Waals surface area contributed by atoms with E-state index in [2.05, 4.69) is 173 Å². The molecule has 488 valence electrons. The number of unbranched alkanes of at least 4 members (excludes halogenated alkanes) is 4. The SMILES string of the molecule is C=C.C=C(C)c1ccc(CC(=C)C2CCC(CCCCC)CC2)cc1.C=C(CC1CCC(C(=O)Cc2ccc(C3CCCCC3)cc2C(=C)C)CC1)c1ccc(CC(=C)C2CCC(CCCCC)CC2)cc1.CC.CC1=CCCC2CC=CC(C)=C12.CC=O. The van der Waals surface area contributed by atoms with Crippen molar-refractivity contribution in [2.24, 2.45) is 41.4 Å². The summed E-state index contributed by atoms with van der Waals surface area (Å²) in [6.45, 7) is 46.4. The number of rotatable bonds is 23. The predicted molar refractivity (Wildman–Crippen MR) is 395 cm³/mol. The molecule has 0 N–H and O–H groups in total. The monoisotopic (exact) mass is 1200 g/mol. The van der Waals surface area contributed by atoms with Gasteiger partial charge in [-0.25, -0.2) is 0 Å². The van der Waals surface area contributed by atoms with Gasteiger partial charge in [0, 0.05) is 12.3 Å². The van der Waals surface area contributed by atoms with Gasteiger partial charge >= 0.3 is 0 Å². The number of benzene rings is 3. The van der Waals surface area contributed by atoms with Crippen LogP contribution in [0.25, 0.3) is 16.7 Å². The van der Waals surface area contributed by atoms with Crippen molar-refractivity contribution in [3.05, 3.63) is 198 Å². The van der Waals surface area contributed by atoms with Crippen molar-refractivity contribution >= 4 is 28.8 Å². The van der Waals surface area contributed by atoms with E-state index in [1.807, 2.05) is 13.8 Å². The first-order valence-electron chi connectivity index (χ1n) is 36.2. The smallest absolute Gasteiger partial charge is 0.140 e. The summed E-state index contributed by atoms with van der Waals surface area (Å²) >= 11 is 0. The summed E-state index contributed by atoms with van der Waals surface area (Å²) in [5.74, 6) is 6.15. The van der Waals surface area contributed by atoms with Crippen molar-refractivity contribution in [2.45, 2.75) is 274 Å². The highest BCUT2D eigenvalue weighted by molar-refractivity contribution is 5.85. The lowest BCUT2D eigenvalue weighted by Gasteiger charge is -2.30. The number of ketones is 1. The standard InChI is InChI=1S/C46H64O.C23H34.C12H16.C2H4O.C2H6.C2H4/c1-6-7-9-12-36-15-21-39(22-16-36)34(4)29-37-17-23-40(24-18-37)35(5)30-38-19-25-42(26-20-38)46(47)32-44-28-27-43(31-45(44)33(2)3)41-13-10-8-11-14-41;1-5-6-7-8-20-9-15-23(16-10-20)19(4)17-21-11-13-22(14-12-21)18(2)3;1-9-5-3-7-11-8-4-6-10(2)12(9)11;1-2-3;2*1-2/h17-18,23-24,27-28,31,36,38-39,41-42H,2,4-16,19-22,25-26,29-30,32H2,1,3H3;11-14,20,23H,2,4-10,15-17H2,1,3H3;3,5-6,11H,4,7-8H2,1-2H3;2H,1H3;1-2H3;1-2H2. The van der Waals surface area contributed by atoms with Crippen LogP contribution in [0.2, 0.25) is 0 Å². The van der Waals surface area contributed by atoms with Crippen molar-refractivity contribution in [3.8, 4) is 0 Å². The van der Waals surface area contributed by atoms with Crippen LogP contribution >= 0.6 is 0 Å². The van der Waals surface area contributed by atoms with Gasteiger partial charge in [0.2, 0.25) is 0 Å². The first-order valence-corrected chi connectivity index (χ1v) is 36.2. The molecule has 2 nitrogen and oxygen atoms in total. The Labute approximate surface area is 548 Å². The van der Waals surface area contributed by atoms with Crippen LogP contribution < -0.4 is 0 Å². The Morgan fingerprint density at radius 2 is 1.03 bits per heavy atom. The van der Waals surface area contributed by atoms with Gasteiger partial charge in [-0.3, -0.25) is 4.79 Å². The first-order chi connectivity index (χ1) is 43.1. The van der Waals surface area contributed by atoms with E-state index >= 15 is 0 Å². The van der Waals surface area contributed by atoms with E-state index in [1.165, 1.54) is 228 Å². The van der Waals surface area contributed by atoms with E-state index in [4.69, 9.17) is 4.79 Å². The van der Waals surface area contributed by atoms with Gasteiger partial charge in [0.15, 0.2) is 0 Å². The molecule has 0 saturated heterocycles. The maximum Gasteiger partial charge on any atom is 0.140 e. The molecule has 4 fully saturated rings. The molecule has 3 aromatic carbocycles. The van der Waals surface area contributed by atoms with E-state index < -0.39 is 0 Å². The van der Waals surface area contributed by atoms with Crippen LogP contribution in [0.5, 0.6) is 0 Å². The molecule has 89 heavy (non-hydrogen) atoms. The summed E-state index contributed by atoms with van der Waals surface area (Å²) in [6, 6.07) is 24.9. The Hall–Kier alpha value is -5.34. The van der Waals surface area contributed by atoms with Crippen molar-refractivity contribution in [2.75, 3.05) is 0 Å². The fourth-order valence-electron chi connectivity index (χ4n) is 15.4. The second-order valence-electron chi connectivity index (χ2n) is 27.6. The summed E-state index contributed by atoms with van der Waals surface area (Å²) in [6.07, 6.45) is 48.4. The Bertz CT molecular complexity index is 2700. The molecule has 0 amide bonds. The lowest BCUT2D eigenvalue weighted by atomic mass is 9.75. The molecule has 6 aliphatic rings. The fraction of sp³-hybridized carbons (Fsp3) is 0.563. The van der Waals surface area contributed by atoms with Crippen LogP contribution in [0.15, 0.2) is 159 Å². The minimum Gasteiger partial charge on any atom is -0.304 e. The highest BCUT2D eigenvalue weighted by Crippen LogP contribution is 2.41. The quantitative estimate of drug-likeness (QED) is 0.0539. The molecule has 0 bridgehead atoms. The molecule has 0 aromatic heterocycles. The summed E-state index contributed by atoms with van der Waals surface area (Å²) in [5.41, 5.74) is 20.1. The number of fused-ring (bicyclic) bond motifs is 1. The minimum atomic E-state index is 0.194. The number of carbonyl (C=O) groups excluding carboxylic acids is 2. The van der Waals surface area contributed by atoms with E-state index in [0.29, 0.717) is 30.0 Å². The second-order valence-corrected chi connectivity index (χ2v) is 27.6. The third-order valence-corrected chi connectivity index (χ3v) is 20.8. The van der Waals surface area contributed by atoms with Gasteiger partial charge in [0.1, 0.15) is 12.1 Å².